The molecule has 5 saturated heterocycles. The predicted molar refractivity (Wildman–Crippen MR) is 500 cm³/mol. The van der Waals surface area contributed by atoms with Crippen LogP contribution in [0.25, 0.3) is 0 Å². The molecular formula is C104H174O30. The van der Waals surface area contributed by atoms with Gasteiger partial charge in [-0.25, -0.2) is 0 Å². The van der Waals surface area contributed by atoms with Crippen LogP contribution < -0.4 is 0 Å². The highest BCUT2D eigenvalue weighted by Crippen LogP contribution is 2.65. The molecule has 0 amide bonds. The molecule has 12 saturated carbocycles. The summed E-state index contributed by atoms with van der Waals surface area (Å²) in [5, 5.41) is 0. The minimum Gasteiger partial charge on any atom is -0.469 e. The van der Waals surface area contributed by atoms with E-state index in [1.54, 1.807) is 27.7 Å². The molecule has 30 unspecified atom stereocenters. The zero-order chi connectivity index (χ0) is 90.8. The number of esters is 15. The smallest absolute Gasteiger partial charge is 0.311 e. The number of hydrogen-bond acceptors (Lipinski definition) is 30. The summed E-state index contributed by atoms with van der Waals surface area (Å²) in [6, 6.07) is 0. The highest BCUT2D eigenvalue weighted by atomic mass is 16.6. The number of carbonyl (C=O) groups excluding carboxylic acids is 15. The fourth-order valence-corrected chi connectivity index (χ4v) is 23.3. The van der Waals surface area contributed by atoms with E-state index >= 15 is 0 Å². The van der Waals surface area contributed by atoms with E-state index in [-0.39, 0.29) is 224 Å². The number of carbonyl (C=O) groups is 15. The molecule has 17 aliphatic rings. The summed E-state index contributed by atoms with van der Waals surface area (Å²) in [6.45, 7) is 37.5. The number of ether oxygens (including phenoxy) is 15. The Morgan fingerprint density at radius 2 is 0.552 bits per heavy atom. The second kappa shape index (κ2) is 44.9. The van der Waals surface area contributed by atoms with Gasteiger partial charge in [0.25, 0.3) is 0 Å². The first-order chi connectivity index (χ1) is 58.1. The van der Waals surface area contributed by atoms with Crippen molar-refractivity contribution >= 4 is 89.5 Å². The lowest BCUT2D eigenvalue weighted by Gasteiger charge is -2.35. The van der Waals surface area contributed by atoms with Crippen molar-refractivity contribution in [2.75, 3.05) is 13.7 Å². The maximum Gasteiger partial charge on any atom is 0.311 e. The van der Waals surface area contributed by atoms with Gasteiger partial charge in [0.2, 0.25) is 0 Å². The third kappa shape index (κ3) is 21.6. The summed E-state index contributed by atoms with van der Waals surface area (Å²) in [5.41, 5.74) is -4.01. The maximum absolute atomic E-state index is 13.2. The third-order valence-electron chi connectivity index (χ3n) is 32.4. The van der Waals surface area contributed by atoms with E-state index in [4.69, 9.17) is 71.1 Å². The molecule has 17 rings (SSSR count). The topological polar surface area (TPSA) is 394 Å². The second-order valence-corrected chi connectivity index (χ2v) is 42.4. The minimum absolute atomic E-state index is 0. The van der Waals surface area contributed by atoms with Gasteiger partial charge in [-0.1, -0.05) is 116 Å². The van der Waals surface area contributed by atoms with E-state index in [1.807, 2.05) is 104 Å². The Bertz CT molecular complexity index is 4170. The highest BCUT2D eigenvalue weighted by Gasteiger charge is 2.76. The SMILES string of the molecule is C.C.C.C.C.C.C.C.C.C.CCC(C)(C)C(=O)OC1C2CC3C1OC(=O)C3C2C(=O)OC.CCC(C)(C)C(=O)OC1C2CC3C1OC(=O)C3C2C(=O)OC(C)(C)C.CCC(C)(C)C(=O)OC1C2CC3C1OC(=O)C3C2C(=O)OC1CCCC1.CCC1(OC(=O)C2C3CC4C(OC(=O)C42)C3OC(=O)C(C)(C)CC)CCCC1.CCOC(=O)C1C2CC3C(OC(=O)C31)C2OC(=O)C(C)(C)CC. The number of fused-ring (bicyclic) bond motifs is 5. The Morgan fingerprint density at radius 1 is 0.313 bits per heavy atom. The first-order valence-corrected chi connectivity index (χ1v) is 46.1. The first kappa shape index (κ1) is 120. The number of methoxy groups -OCH3 is 1. The monoisotopic (exact) mass is 1900 g/mol. The molecule has 0 aromatic rings. The van der Waals surface area contributed by atoms with Gasteiger partial charge in [-0.3, -0.25) is 71.9 Å². The van der Waals surface area contributed by atoms with Crippen molar-refractivity contribution in [3.63, 3.8) is 0 Å². The average molecular weight is 1900 g/mol. The Kier molecular flexibility index (Phi) is 40.3. The molecule has 30 nitrogen and oxygen atoms in total. The molecule has 0 N–H and O–H groups in total. The van der Waals surface area contributed by atoms with Crippen LogP contribution in [0.15, 0.2) is 0 Å². The largest absolute Gasteiger partial charge is 0.469 e. The van der Waals surface area contributed by atoms with Gasteiger partial charge in [0.05, 0.1) is 100.0 Å². The predicted octanol–water partition coefficient (Wildman–Crippen LogP) is 17.9. The number of rotatable bonds is 24. The first-order valence-electron chi connectivity index (χ1n) is 46.1. The summed E-state index contributed by atoms with van der Waals surface area (Å²) < 4.78 is 83.5. The maximum atomic E-state index is 13.2. The van der Waals surface area contributed by atoms with E-state index in [0.29, 0.717) is 64.2 Å². The van der Waals surface area contributed by atoms with Crippen molar-refractivity contribution in [2.45, 2.75) is 413 Å². The van der Waals surface area contributed by atoms with Crippen LogP contribution in [0, 0.1) is 145 Å². The number of hydrogen-bond donors (Lipinski definition) is 0. The summed E-state index contributed by atoms with van der Waals surface area (Å²) in [7, 11) is 1.31. The summed E-state index contributed by atoms with van der Waals surface area (Å²) in [4.78, 5) is 187. The lowest BCUT2D eigenvalue weighted by Crippen LogP contribution is -2.46. The van der Waals surface area contributed by atoms with Crippen LogP contribution in [0.2, 0.25) is 0 Å². The van der Waals surface area contributed by atoms with Gasteiger partial charge < -0.3 is 71.1 Å². The van der Waals surface area contributed by atoms with Crippen LogP contribution in [0.3, 0.4) is 0 Å². The van der Waals surface area contributed by atoms with Crippen molar-refractivity contribution in [3.05, 3.63) is 0 Å². The average Bonchev–Trinajstić information content (AvgIpc) is 1.57. The molecule has 10 bridgehead atoms. The van der Waals surface area contributed by atoms with Crippen LogP contribution in [0.4, 0.5) is 0 Å². The minimum atomic E-state index is -0.628. The molecular weight excluding hydrogens is 1730 g/mol. The van der Waals surface area contributed by atoms with Crippen LogP contribution >= 0.6 is 0 Å². The Labute approximate surface area is 800 Å². The van der Waals surface area contributed by atoms with Gasteiger partial charge in [0.1, 0.15) is 78.3 Å². The van der Waals surface area contributed by atoms with Crippen molar-refractivity contribution in [1.82, 2.24) is 0 Å². The van der Waals surface area contributed by atoms with E-state index in [2.05, 4.69) is 6.92 Å². The summed E-state index contributed by atoms with van der Waals surface area (Å²) in [5.74, 6) is -11.1. The highest BCUT2D eigenvalue weighted by molar-refractivity contribution is 5.91. The quantitative estimate of drug-likeness (QED) is 0.0640. The Morgan fingerprint density at radius 3 is 0.784 bits per heavy atom. The standard InChI is InChI=1S/C22H32O6.C20H28O6.C19H28O6.C17H24O6.C16H22O6.10CH4/c1-5-21(3,4)20(25)27-17-13-11-12-14(18(23)26-16(12)17)15(13)19(24)28-22(6-2)9-7-8-10-22;1-4-20(2,3)19(23)26-16-12-9-11-14(18(22)25-15(11)16)13(12)17(21)24-10-7-5-6-8-10;1-7-19(5,6)17(22)24-14-10-8-9-11(15(20)23-13(9)14)12(10)16(21)25-18(2,3)4;1-5-17(3,4)16(20)23-13-8-7-9-11(15(19)22-12(9)13)10(8)14(18)21-6-2;1-5-16(2,3)15(19)22-12-7-6-8-10(9(7)13(17)20-4)14(18)21-11(8)12;;;;;;;;;;/h12-17H,5-11H2,1-4H3;10-16H,4-9H2,1-3H3;9-14H,7-8H2,1-6H3;8-13H,5-7H2,1-4H3;7-12H,5-6H2,1-4H3;10*1H4. The lowest BCUT2D eigenvalue weighted by molar-refractivity contribution is -0.178. The van der Waals surface area contributed by atoms with E-state index in [0.717, 1.165) is 57.8 Å². The molecule has 0 radical (unpaired) electrons. The second-order valence-electron chi connectivity index (χ2n) is 42.4. The van der Waals surface area contributed by atoms with Crippen molar-refractivity contribution in [1.29, 1.82) is 0 Å². The lowest BCUT2D eigenvalue weighted by atomic mass is 9.78. The van der Waals surface area contributed by atoms with Crippen molar-refractivity contribution in [2.24, 2.45) is 145 Å². The summed E-state index contributed by atoms with van der Waals surface area (Å²) >= 11 is 0. The van der Waals surface area contributed by atoms with Crippen molar-refractivity contribution in [3.8, 4) is 0 Å². The van der Waals surface area contributed by atoms with Gasteiger partial charge in [-0.2, -0.15) is 0 Å². The molecule has 0 aromatic carbocycles. The van der Waals surface area contributed by atoms with Crippen LogP contribution in [0.5, 0.6) is 0 Å². The van der Waals surface area contributed by atoms with Crippen LogP contribution in [-0.4, -0.2) is 182 Å². The molecule has 5 heterocycles. The fraction of sp³-hybridized carbons (Fsp3) is 0.856. The molecule has 134 heavy (non-hydrogen) atoms. The third-order valence-corrected chi connectivity index (χ3v) is 32.4. The Hall–Kier alpha value is -7.95. The molecule has 5 aliphatic heterocycles. The molecule has 30 heteroatoms. The molecule has 17 fully saturated rings. The molecule has 12 aliphatic carbocycles. The van der Waals surface area contributed by atoms with Crippen LogP contribution in [0.1, 0.15) is 335 Å². The van der Waals surface area contributed by atoms with Gasteiger partial charge in [0.15, 0.2) is 0 Å². The van der Waals surface area contributed by atoms with Gasteiger partial charge in [0, 0.05) is 59.2 Å². The van der Waals surface area contributed by atoms with E-state index in [1.165, 1.54) is 7.11 Å². The molecule has 770 valence electrons. The van der Waals surface area contributed by atoms with Gasteiger partial charge >= 0.3 is 89.5 Å². The normalized spacial score (nSPS) is 35.0. The zero-order valence-electron chi connectivity index (χ0n) is 76.3. The molecule has 0 aromatic heterocycles. The molecule has 0 spiro atoms. The van der Waals surface area contributed by atoms with E-state index in [9.17, 15) is 71.9 Å². The fourth-order valence-electron chi connectivity index (χ4n) is 23.3. The van der Waals surface area contributed by atoms with Gasteiger partial charge in [-0.15, -0.1) is 0 Å². The summed E-state index contributed by atoms with van der Waals surface area (Å²) in [6.07, 6.45) is 10.6. The van der Waals surface area contributed by atoms with Crippen molar-refractivity contribution < 1.29 is 143 Å². The van der Waals surface area contributed by atoms with Gasteiger partial charge in [-0.05, 0) is 219 Å². The zero-order valence-corrected chi connectivity index (χ0v) is 76.3. The molecule has 30 atom stereocenters. The van der Waals surface area contributed by atoms with E-state index < -0.39 is 170 Å². The van der Waals surface area contributed by atoms with Crippen LogP contribution in [-0.2, 0) is 143 Å². The Balaban J connectivity index is 0.000000424.